The maximum Gasteiger partial charge on any atom is 0.255 e. The fourth-order valence-electron chi connectivity index (χ4n) is 2.81. The molecule has 1 heterocycles. The molecule has 0 saturated heterocycles. The zero-order valence-electron chi connectivity index (χ0n) is 13.4. The lowest BCUT2D eigenvalue weighted by Gasteiger charge is -2.22. The third-order valence-corrected chi connectivity index (χ3v) is 4.19. The highest BCUT2D eigenvalue weighted by Gasteiger charge is 2.27. The first-order valence-corrected chi connectivity index (χ1v) is 8.26. The minimum atomic E-state index is -0.138. The Hall–Kier alpha value is -2.36. The third kappa shape index (κ3) is 3.70. The van der Waals surface area contributed by atoms with Crippen molar-refractivity contribution in [1.29, 1.82) is 0 Å². The number of carbonyl (C=O) groups excluding carboxylic acids is 1. The molecule has 23 heavy (non-hydrogen) atoms. The molecule has 120 valence electrons. The molecule has 1 N–H and O–H groups in total. The molecule has 0 radical (unpaired) electrons. The summed E-state index contributed by atoms with van der Waals surface area (Å²) in [4.78, 5) is 29.4. The Labute approximate surface area is 136 Å². The topological polar surface area (TPSA) is 53.2 Å². The number of nitrogens with zero attached hydrogens (tertiary/aromatic N) is 1. The first kappa shape index (κ1) is 15.5. The number of rotatable bonds is 6. The van der Waals surface area contributed by atoms with E-state index in [9.17, 15) is 9.59 Å². The van der Waals surface area contributed by atoms with Crippen LogP contribution in [0.15, 0.2) is 47.4 Å². The van der Waals surface area contributed by atoms with Gasteiger partial charge < -0.3 is 9.88 Å². The first-order valence-electron chi connectivity index (χ1n) is 8.26. The molecule has 1 aromatic carbocycles. The van der Waals surface area contributed by atoms with Crippen molar-refractivity contribution in [3.63, 3.8) is 0 Å². The Morgan fingerprint density at radius 2 is 2.09 bits per heavy atom. The summed E-state index contributed by atoms with van der Waals surface area (Å²) in [6.07, 6.45) is 5.02. The summed E-state index contributed by atoms with van der Waals surface area (Å²) in [6, 6.07) is 10.9. The van der Waals surface area contributed by atoms with Crippen LogP contribution in [0.5, 0.6) is 0 Å². The van der Waals surface area contributed by atoms with E-state index >= 15 is 0 Å². The van der Waals surface area contributed by atoms with Crippen molar-refractivity contribution in [2.45, 2.75) is 26.2 Å². The van der Waals surface area contributed by atoms with Crippen LogP contribution in [0.4, 0.5) is 0 Å². The normalized spacial score (nSPS) is 13.8. The van der Waals surface area contributed by atoms with Crippen LogP contribution in [0.1, 0.15) is 36.5 Å². The van der Waals surface area contributed by atoms with Gasteiger partial charge in [-0.3, -0.25) is 9.59 Å². The summed E-state index contributed by atoms with van der Waals surface area (Å²) in [5, 5.41) is 0. The van der Waals surface area contributed by atoms with Gasteiger partial charge >= 0.3 is 0 Å². The van der Waals surface area contributed by atoms with E-state index in [2.05, 4.69) is 11.9 Å². The van der Waals surface area contributed by atoms with E-state index in [1.54, 1.807) is 18.3 Å². The van der Waals surface area contributed by atoms with Crippen molar-refractivity contribution in [3.8, 4) is 11.1 Å². The molecule has 4 nitrogen and oxygen atoms in total. The van der Waals surface area contributed by atoms with E-state index < -0.39 is 0 Å². The van der Waals surface area contributed by atoms with Gasteiger partial charge in [0, 0.05) is 30.4 Å². The van der Waals surface area contributed by atoms with Crippen LogP contribution in [0.3, 0.4) is 0 Å². The predicted octanol–water partition coefficient (Wildman–Crippen LogP) is 3.30. The summed E-state index contributed by atoms with van der Waals surface area (Å²) in [5.41, 5.74) is 1.88. The molecule has 0 spiro atoms. The number of hydrogen-bond acceptors (Lipinski definition) is 2. The lowest BCUT2D eigenvalue weighted by molar-refractivity contribution is 0.0748. The highest BCUT2D eigenvalue weighted by molar-refractivity contribution is 5.95. The SMILES string of the molecule is CCCN(CC1CC1)C(=O)c1cccc(-c2ccc[nH]c2=O)c1. The molecular formula is C19H22N2O2. The Kier molecular flexibility index (Phi) is 4.60. The lowest BCUT2D eigenvalue weighted by Crippen LogP contribution is -2.33. The number of amides is 1. The minimum absolute atomic E-state index is 0.0629. The minimum Gasteiger partial charge on any atom is -0.338 e. The largest absolute Gasteiger partial charge is 0.338 e. The third-order valence-electron chi connectivity index (χ3n) is 4.19. The fraction of sp³-hybridized carbons (Fsp3) is 0.368. The second-order valence-corrected chi connectivity index (χ2v) is 6.19. The number of aromatic amines is 1. The van der Waals surface area contributed by atoms with E-state index in [-0.39, 0.29) is 11.5 Å². The molecule has 0 atom stereocenters. The van der Waals surface area contributed by atoms with Gasteiger partial charge in [0.2, 0.25) is 0 Å². The second-order valence-electron chi connectivity index (χ2n) is 6.19. The maximum absolute atomic E-state index is 12.8. The Balaban J connectivity index is 1.87. The number of pyridine rings is 1. The van der Waals surface area contributed by atoms with Crippen molar-refractivity contribution >= 4 is 5.91 Å². The van der Waals surface area contributed by atoms with Crippen molar-refractivity contribution in [2.24, 2.45) is 5.92 Å². The molecule has 0 unspecified atom stereocenters. The molecular weight excluding hydrogens is 288 g/mol. The number of carbonyl (C=O) groups is 1. The molecule has 0 bridgehead atoms. The maximum atomic E-state index is 12.8. The van der Waals surface area contributed by atoms with Crippen molar-refractivity contribution in [2.75, 3.05) is 13.1 Å². The summed E-state index contributed by atoms with van der Waals surface area (Å²) < 4.78 is 0. The van der Waals surface area contributed by atoms with Crippen LogP contribution in [0.25, 0.3) is 11.1 Å². The number of H-pyrrole nitrogens is 1. The first-order chi connectivity index (χ1) is 11.2. The smallest absolute Gasteiger partial charge is 0.255 e. The Morgan fingerprint density at radius 1 is 1.26 bits per heavy atom. The molecule has 1 saturated carbocycles. The van der Waals surface area contributed by atoms with Gasteiger partial charge in [-0.1, -0.05) is 19.1 Å². The van der Waals surface area contributed by atoms with Crippen molar-refractivity contribution in [3.05, 3.63) is 58.5 Å². The van der Waals surface area contributed by atoms with E-state index in [1.807, 2.05) is 29.2 Å². The molecule has 1 aliphatic rings. The highest BCUT2D eigenvalue weighted by atomic mass is 16.2. The van der Waals surface area contributed by atoms with Gasteiger partial charge in [-0.05, 0) is 55.0 Å². The van der Waals surface area contributed by atoms with Gasteiger partial charge in [-0.25, -0.2) is 0 Å². The van der Waals surface area contributed by atoms with Gasteiger partial charge in [-0.2, -0.15) is 0 Å². The van der Waals surface area contributed by atoms with Gasteiger partial charge in [0.15, 0.2) is 0 Å². The quantitative estimate of drug-likeness (QED) is 0.890. The summed E-state index contributed by atoms with van der Waals surface area (Å²) in [5.74, 6) is 0.735. The summed E-state index contributed by atoms with van der Waals surface area (Å²) in [7, 11) is 0. The monoisotopic (exact) mass is 310 g/mol. The highest BCUT2D eigenvalue weighted by Crippen LogP contribution is 2.30. The standard InChI is InChI=1S/C19H22N2O2/c1-2-11-21(13-14-8-9-14)19(23)16-6-3-5-15(12-16)17-7-4-10-20-18(17)22/h3-7,10,12,14H,2,8-9,11,13H2,1H3,(H,20,22). The summed E-state index contributed by atoms with van der Waals surface area (Å²) in [6.45, 7) is 3.72. The van der Waals surface area contributed by atoms with Crippen LogP contribution >= 0.6 is 0 Å². The zero-order valence-corrected chi connectivity index (χ0v) is 13.4. The number of benzene rings is 1. The van der Waals surface area contributed by atoms with Crippen LogP contribution in [0.2, 0.25) is 0 Å². The van der Waals surface area contributed by atoms with Gasteiger partial charge in [0.1, 0.15) is 0 Å². The van der Waals surface area contributed by atoms with Crippen molar-refractivity contribution < 1.29 is 4.79 Å². The second kappa shape index (κ2) is 6.82. The van der Waals surface area contributed by atoms with Gasteiger partial charge in [0.25, 0.3) is 11.5 Å². The van der Waals surface area contributed by atoms with Gasteiger partial charge in [0.05, 0.1) is 0 Å². The van der Waals surface area contributed by atoms with Crippen molar-refractivity contribution in [1.82, 2.24) is 9.88 Å². The Morgan fingerprint density at radius 3 is 2.78 bits per heavy atom. The van der Waals surface area contributed by atoms with Crippen LogP contribution in [0, 0.1) is 5.92 Å². The number of nitrogens with one attached hydrogen (secondary N) is 1. The van der Waals surface area contributed by atoms with E-state index in [0.29, 0.717) is 17.0 Å². The molecule has 1 amide bonds. The zero-order chi connectivity index (χ0) is 16.2. The van der Waals surface area contributed by atoms with E-state index in [0.717, 1.165) is 25.1 Å². The number of hydrogen-bond donors (Lipinski definition) is 1. The molecule has 1 fully saturated rings. The lowest BCUT2D eigenvalue weighted by atomic mass is 10.0. The molecule has 4 heteroatoms. The van der Waals surface area contributed by atoms with E-state index in [1.165, 1.54) is 12.8 Å². The van der Waals surface area contributed by atoms with Crippen LogP contribution in [-0.4, -0.2) is 28.9 Å². The molecule has 3 rings (SSSR count). The average molecular weight is 310 g/mol. The van der Waals surface area contributed by atoms with Gasteiger partial charge in [-0.15, -0.1) is 0 Å². The van der Waals surface area contributed by atoms with Crippen LogP contribution in [-0.2, 0) is 0 Å². The average Bonchev–Trinajstić information content (AvgIpc) is 3.38. The Bertz CT molecular complexity index is 747. The molecule has 0 aliphatic heterocycles. The molecule has 2 aromatic rings. The fourth-order valence-corrected chi connectivity index (χ4v) is 2.81. The predicted molar refractivity (Wildman–Crippen MR) is 91.4 cm³/mol. The van der Waals surface area contributed by atoms with Crippen LogP contribution < -0.4 is 5.56 Å². The summed E-state index contributed by atoms with van der Waals surface area (Å²) >= 11 is 0. The molecule has 1 aromatic heterocycles. The number of aromatic nitrogens is 1. The molecule has 1 aliphatic carbocycles. The van der Waals surface area contributed by atoms with E-state index in [4.69, 9.17) is 0 Å².